The molecule has 19 heavy (non-hydrogen) atoms. The fraction of sp³-hybridized carbons (Fsp3) is 0.611. The number of ketones is 1. The summed E-state index contributed by atoms with van der Waals surface area (Å²) in [5.41, 5.74) is 2.47. The average Bonchev–Trinajstić information content (AvgIpc) is 2.34. The molecule has 1 nitrogen and oxygen atoms in total. The van der Waals surface area contributed by atoms with Gasteiger partial charge in [0, 0.05) is 5.41 Å². The number of benzene rings is 1. The van der Waals surface area contributed by atoms with E-state index in [1.54, 1.807) is 6.92 Å². The van der Waals surface area contributed by atoms with Crippen molar-refractivity contribution in [1.29, 1.82) is 0 Å². The maximum absolute atomic E-state index is 12.5. The second kappa shape index (κ2) is 4.19. The molecule has 0 saturated carbocycles. The highest BCUT2D eigenvalue weighted by Gasteiger charge is 2.58. The summed E-state index contributed by atoms with van der Waals surface area (Å²) in [5.74, 6) is 0.336. The molecule has 104 valence electrons. The van der Waals surface area contributed by atoms with Crippen LogP contribution in [-0.4, -0.2) is 5.78 Å². The SMILES string of the molecule is CCC1(C(C)=O)Cc2ccccc2C(C)(C)C1(C)C. The van der Waals surface area contributed by atoms with Gasteiger partial charge >= 0.3 is 0 Å². The Bertz CT molecular complexity index is 510. The summed E-state index contributed by atoms with van der Waals surface area (Å²) in [6.45, 7) is 13.1. The Morgan fingerprint density at radius 2 is 1.74 bits per heavy atom. The van der Waals surface area contributed by atoms with Crippen LogP contribution in [0.25, 0.3) is 0 Å². The molecule has 0 amide bonds. The second-order valence-corrected chi connectivity index (χ2v) is 7.08. The maximum atomic E-state index is 12.5. The summed E-state index contributed by atoms with van der Waals surface area (Å²) >= 11 is 0. The highest BCUT2D eigenvalue weighted by atomic mass is 16.1. The lowest BCUT2D eigenvalue weighted by atomic mass is 9.44. The van der Waals surface area contributed by atoms with E-state index in [2.05, 4.69) is 58.9 Å². The first-order valence-corrected chi connectivity index (χ1v) is 7.30. The van der Waals surface area contributed by atoms with Crippen molar-refractivity contribution in [3.05, 3.63) is 35.4 Å². The molecule has 0 fully saturated rings. The molecule has 0 aromatic heterocycles. The van der Waals surface area contributed by atoms with Gasteiger partial charge in [0.2, 0.25) is 0 Å². The quantitative estimate of drug-likeness (QED) is 0.761. The van der Waals surface area contributed by atoms with Gasteiger partial charge in [0.25, 0.3) is 0 Å². The largest absolute Gasteiger partial charge is 0.299 e. The Hall–Kier alpha value is -1.11. The normalized spacial score (nSPS) is 27.7. The summed E-state index contributed by atoms with van der Waals surface area (Å²) in [6, 6.07) is 8.63. The number of rotatable bonds is 2. The molecule has 0 N–H and O–H groups in total. The van der Waals surface area contributed by atoms with Crippen LogP contribution < -0.4 is 0 Å². The van der Waals surface area contributed by atoms with Crippen molar-refractivity contribution in [2.24, 2.45) is 10.8 Å². The van der Waals surface area contributed by atoms with Gasteiger partial charge in [0.05, 0.1) is 0 Å². The Labute approximate surface area is 117 Å². The molecule has 1 aliphatic carbocycles. The van der Waals surface area contributed by atoms with Crippen molar-refractivity contribution in [2.45, 2.75) is 59.8 Å². The summed E-state index contributed by atoms with van der Waals surface area (Å²) in [5, 5.41) is 0. The van der Waals surface area contributed by atoms with Crippen LogP contribution in [0.3, 0.4) is 0 Å². The first-order chi connectivity index (χ1) is 8.70. The average molecular weight is 258 g/mol. The van der Waals surface area contributed by atoms with E-state index < -0.39 is 0 Å². The van der Waals surface area contributed by atoms with Gasteiger partial charge in [0.15, 0.2) is 0 Å². The number of fused-ring (bicyclic) bond motifs is 1. The zero-order valence-electron chi connectivity index (χ0n) is 13.1. The van der Waals surface area contributed by atoms with E-state index in [1.807, 2.05) is 0 Å². The lowest BCUT2D eigenvalue weighted by molar-refractivity contribution is -0.139. The van der Waals surface area contributed by atoms with Crippen LogP contribution in [0.15, 0.2) is 24.3 Å². The predicted molar refractivity (Wildman–Crippen MR) is 80.4 cm³/mol. The number of Topliss-reactive ketones (excluding diaryl/α,β-unsaturated/α-hetero) is 1. The van der Waals surface area contributed by atoms with Crippen LogP contribution in [-0.2, 0) is 16.6 Å². The highest BCUT2D eigenvalue weighted by molar-refractivity contribution is 5.84. The molecule has 0 aliphatic heterocycles. The summed E-state index contributed by atoms with van der Waals surface area (Å²) < 4.78 is 0. The first kappa shape index (κ1) is 14.3. The van der Waals surface area contributed by atoms with E-state index in [9.17, 15) is 4.79 Å². The van der Waals surface area contributed by atoms with Gasteiger partial charge in [-0.1, -0.05) is 58.9 Å². The zero-order valence-corrected chi connectivity index (χ0v) is 13.1. The molecule has 0 spiro atoms. The Morgan fingerprint density at radius 3 is 2.26 bits per heavy atom. The van der Waals surface area contributed by atoms with Crippen molar-refractivity contribution in [3.8, 4) is 0 Å². The van der Waals surface area contributed by atoms with Gasteiger partial charge in [-0.2, -0.15) is 0 Å². The fourth-order valence-corrected chi connectivity index (χ4v) is 4.15. The number of carbonyl (C=O) groups excluding carboxylic acids is 1. The molecule has 0 heterocycles. The molecule has 1 atom stereocenters. The van der Waals surface area contributed by atoms with Crippen LogP contribution in [0, 0.1) is 10.8 Å². The van der Waals surface area contributed by atoms with Crippen molar-refractivity contribution in [2.75, 3.05) is 0 Å². The van der Waals surface area contributed by atoms with Crippen molar-refractivity contribution in [1.82, 2.24) is 0 Å². The minimum Gasteiger partial charge on any atom is -0.299 e. The lowest BCUT2D eigenvalue weighted by Crippen LogP contribution is -2.57. The van der Waals surface area contributed by atoms with E-state index in [0.29, 0.717) is 5.78 Å². The third-order valence-electron chi connectivity index (χ3n) is 6.22. The van der Waals surface area contributed by atoms with Crippen molar-refractivity contribution >= 4 is 5.78 Å². The van der Waals surface area contributed by atoms with E-state index in [0.717, 1.165) is 12.8 Å². The van der Waals surface area contributed by atoms with Gasteiger partial charge < -0.3 is 0 Å². The van der Waals surface area contributed by atoms with Gasteiger partial charge in [-0.05, 0) is 41.7 Å². The molecule has 1 aromatic carbocycles. The lowest BCUT2D eigenvalue weighted by Gasteiger charge is -2.58. The third kappa shape index (κ3) is 1.63. The fourth-order valence-electron chi connectivity index (χ4n) is 4.15. The molecule has 0 bridgehead atoms. The van der Waals surface area contributed by atoms with Crippen molar-refractivity contribution in [3.63, 3.8) is 0 Å². The standard InChI is InChI=1S/C18H26O/c1-7-18(13(2)19)12-14-10-8-9-11-15(14)16(3,4)17(18,5)6/h8-11H,7,12H2,1-6H3. The van der Waals surface area contributed by atoms with Gasteiger partial charge in [-0.3, -0.25) is 4.79 Å². The predicted octanol–water partition coefficient (Wildman–Crippen LogP) is 4.53. The molecule has 1 aromatic rings. The number of carbonyl (C=O) groups is 1. The zero-order chi connectivity index (χ0) is 14.5. The number of hydrogen-bond donors (Lipinski definition) is 0. The summed E-state index contributed by atoms with van der Waals surface area (Å²) in [7, 11) is 0. The summed E-state index contributed by atoms with van der Waals surface area (Å²) in [4.78, 5) is 12.5. The van der Waals surface area contributed by atoms with Crippen LogP contribution in [0.1, 0.15) is 59.1 Å². The topological polar surface area (TPSA) is 17.1 Å². The Kier molecular flexibility index (Phi) is 3.16. The molecule has 1 unspecified atom stereocenters. The first-order valence-electron chi connectivity index (χ1n) is 7.30. The third-order valence-corrected chi connectivity index (χ3v) is 6.22. The molecule has 0 radical (unpaired) electrons. The van der Waals surface area contributed by atoms with E-state index in [-0.39, 0.29) is 16.2 Å². The Morgan fingerprint density at radius 1 is 1.16 bits per heavy atom. The van der Waals surface area contributed by atoms with E-state index in [4.69, 9.17) is 0 Å². The minimum absolute atomic E-state index is 0.00350. The van der Waals surface area contributed by atoms with Crippen molar-refractivity contribution < 1.29 is 4.79 Å². The van der Waals surface area contributed by atoms with Crippen LogP contribution in [0.2, 0.25) is 0 Å². The van der Waals surface area contributed by atoms with Crippen LogP contribution in [0.5, 0.6) is 0 Å². The van der Waals surface area contributed by atoms with E-state index in [1.165, 1.54) is 11.1 Å². The van der Waals surface area contributed by atoms with E-state index >= 15 is 0 Å². The molecule has 0 saturated heterocycles. The molecule has 2 rings (SSSR count). The van der Waals surface area contributed by atoms with Gasteiger partial charge in [-0.25, -0.2) is 0 Å². The van der Waals surface area contributed by atoms with Gasteiger partial charge in [0.1, 0.15) is 5.78 Å². The Balaban J connectivity index is 2.75. The van der Waals surface area contributed by atoms with Crippen LogP contribution >= 0.6 is 0 Å². The summed E-state index contributed by atoms with van der Waals surface area (Å²) in [6.07, 6.45) is 1.79. The minimum atomic E-state index is -0.245. The molecular weight excluding hydrogens is 232 g/mol. The highest BCUT2D eigenvalue weighted by Crippen LogP contribution is 2.60. The monoisotopic (exact) mass is 258 g/mol. The molecule has 1 aliphatic rings. The molecular formula is C18H26O. The molecule has 1 heteroatoms. The number of hydrogen-bond acceptors (Lipinski definition) is 1. The maximum Gasteiger partial charge on any atom is 0.136 e. The smallest absolute Gasteiger partial charge is 0.136 e. The second-order valence-electron chi connectivity index (χ2n) is 7.08. The van der Waals surface area contributed by atoms with Gasteiger partial charge in [-0.15, -0.1) is 0 Å². The van der Waals surface area contributed by atoms with Crippen LogP contribution in [0.4, 0.5) is 0 Å².